The number of β-amino-alcohol motifs (C(OH)–C–C–N with tert-alkyl or cyclic N) is 1. The van der Waals surface area contributed by atoms with Gasteiger partial charge in [-0.15, -0.1) is 0 Å². The number of urea groups is 1. The summed E-state index contributed by atoms with van der Waals surface area (Å²) in [4.78, 5) is 27.2. The number of aliphatic hydroxyl groups excluding tert-OH is 1. The van der Waals surface area contributed by atoms with E-state index in [4.69, 9.17) is 4.74 Å². The van der Waals surface area contributed by atoms with Crippen molar-refractivity contribution in [1.29, 1.82) is 0 Å². The van der Waals surface area contributed by atoms with Crippen molar-refractivity contribution in [1.82, 2.24) is 4.90 Å². The van der Waals surface area contributed by atoms with Gasteiger partial charge in [0.15, 0.2) is 5.72 Å². The van der Waals surface area contributed by atoms with Crippen molar-refractivity contribution in [2.75, 3.05) is 31.2 Å². The number of aliphatic hydroxyl groups is 1. The monoisotopic (exact) mass is 369 g/mol. The lowest BCUT2D eigenvalue weighted by Crippen LogP contribution is -2.63. The molecule has 2 aliphatic rings. The zero-order valence-corrected chi connectivity index (χ0v) is 14.6. The molecule has 2 amide bonds. The normalized spacial score (nSPS) is 21.6. The lowest BCUT2D eigenvalue weighted by Gasteiger charge is -2.52. The van der Waals surface area contributed by atoms with Crippen molar-refractivity contribution in [3.05, 3.63) is 69.8 Å². The van der Waals surface area contributed by atoms with Crippen LogP contribution in [-0.4, -0.2) is 47.3 Å². The van der Waals surface area contributed by atoms with Crippen molar-refractivity contribution in [2.24, 2.45) is 0 Å². The Hall–Kier alpha value is -2.97. The summed E-state index contributed by atoms with van der Waals surface area (Å²) in [6, 6.07) is 13.4. The predicted molar refractivity (Wildman–Crippen MR) is 97.4 cm³/mol. The van der Waals surface area contributed by atoms with Gasteiger partial charge in [-0.3, -0.25) is 19.9 Å². The van der Waals surface area contributed by atoms with Gasteiger partial charge in [-0.25, -0.2) is 4.79 Å². The highest BCUT2D eigenvalue weighted by molar-refractivity contribution is 5.97. The van der Waals surface area contributed by atoms with Crippen molar-refractivity contribution in [3.8, 4) is 0 Å². The molecular formula is C19H19N3O5. The van der Waals surface area contributed by atoms with Gasteiger partial charge in [0.1, 0.15) is 0 Å². The Labute approximate surface area is 155 Å². The van der Waals surface area contributed by atoms with Gasteiger partial charge in [0.2, 0.25) is 0 Å². The predicted octanol–water partition coefficient (Wildman–Crippen LogP) is 2.45. The number of rotatable bonds is 4. The van der Waals surface area contributed by atoms with E-state index < -0.39 is 10.6 Å². The van der Waals surface area contributed by atoms with Crippen LogP contribution in [0.15, 0.2) is 48.5 Å². The average molecular weight is 369 g/mol. The van der Waals surface area contributed by atoms with E-state index in [-0.39, 0.29) is 24.9 Å². The highest BCUT2D eigenvalue weighted by atomic mass is 16.6. The van der Waals surface area contributed by atoms with Gasteiger partial charge in [0.25, 0.3) is 5.69 Å². The Morgan fingerprint density at radius 3 is 2.70 bits per heavy atom. The van der Waals surface area contributed by atoms with E-state index in [0.29, 0.717) is 30.8 Å². The Balaban J connectivity index is 2.02. The molecule has 1 saturated heterocycles. The molecule has 8 nitrogen and oxygen atoms in total. The zero-order valence-electron chi connectivity index (χ0n) is 14.6. The maximum Gasteiger partial charge on any atom is 0.327 e. The minimum Gasteiger partial charge on any atom is -0.395 e. The minimum absolute atomic E-state index is 0.0727. The molecule has 1 fully saturated rings. The number of nitro groups is 1. The van der Waals surface area contributed by atoms with Crippen LogP contribution in [0.4, 0.5) is 16.2 Å². The van der Waals surface area contributed by atoms with Crippen LogP contribution in [0.5, 0.6) is 0 Å². The molecule has 0 aliphatic carbocycles. The molecule has 2 aliphatic heterocycles. The summed E-state index contributed by atoms with van der Waals surface area (Å²) in [7, 11) is 0. The summed E-state index contributed by atoms with van der Waals surface area (Å²) in [5.41, 5.74) is 0.501. The molecule has 2 aromatic rings. The lowest BCUT2D eigenvalue weighted by molar-refractivity contribution is -0.385. The molecule has 8 heteroatoms. The van der Waals surface area contributed by atoms with E-state index in [9.17, 15) is 20.0 Å². The Kier molecular flexibility index (Phi) is 4.29. The standard InChI is InChI=1S/C19H19N3O5/c23-11-10-20-17-8-7-15(22(25)26)13-16(17)19(14-5-2-1-3-6-14)21(18(20)24)9-4-12-27-19/h1-3,5-8,13,23H,4,9-12H2. The smallest absolute Gasteiger partial charge is 0.327 e. The number of hydrogen-bond acceptors (Lipinski definition) is 5. The van der Waals surface area contributed by atoms with E-state index in [2.05, 4.69) is 0 Å². The minimum atomic E-state index is -1.22. The molecule has 27 heavy (non-hydrogen) atoms. The third-order valence-corrected chi connectivity index (χ3v) is 5.01. The molecule has 1 N–H and O–H groups in total. The van der Waals surface area contributed by atoms with Crippen LogP contribution in [0.1, 0.15) is 17.5 Å². The van der Waals surface area contributed by atoms with Crippen molar-refractivity contribution >= 4 is 17.4 Å². The van der Waals surface area contributed by atoms with Crippen molar-refractivity contribution in [2.45, 2.75) is 12.1 Å². The summed E-state index contributed by atoms with van der Waals surface area (Å²) in [5.74, 6) is 0. The van der Waals surface area contributed by atoms with Gasteiger partial charge in [-0.2, -0.15) is 0 Å². The fourth-order valence-corrected chi connectivity index (χ4v) is 3.90. The Morgan fingerprint density at radius 1 is 1.22 bits per heavy atom. The quantitative estimate of drug-likeness (QED) is 0.660. The number of nitrogens with zero attached hydrogens (tertiary/aromatic N) is 3. The second kappa shape index (κ2) is 6.64. The molecule has 1 unspecified atom stereocenters. The summed E-state index contributed by atoms with van der Waals surface area (Å²) < 4.78 is 6.21. The molecule has 2 aromatic carbocycles. The summed E-state index contributed by atoms with van der Waals surface area (Å²) in [6.45, 7) is 0.777. The van der Waals surface area contributed by atoms with E-state index in [1.54, 1.807) is 11.0 Å². The van der Waals surface area contributed by atoms with Crippen LogP contribution in [-0.2, 0) is 10.5 Å². The van der Waals surface area contributed by atoms with E-state index in [0.717, 1.165) is 5.56 Å². The molecule has 0 saturated carbocycles. The van der Waals surface area contributed by atoms with Crippen LogP contribution >= 0.6 is 0 Å². The molecule has 0 aromatic heterocycles. The maximum atomic E-state index is 13.2. The summed E-state index contributed by atoms with van der Waals surface area (Å²) in [6.07, 6.45) is 0.664. The van der Waals surface area contributed by atoms with Crippen LogP contribution < -0.4 is 4.90 Å². The third-order valence-electron chi connectivity index (χ3n) is 5.01. The number of fused-ring (bicyclic) bond motifs is 3. The first-order valence-corrected chi connectivity index (χ1v) is 8.78. The van der Waals surface area contributed by atoms with Crippen LogP contribution in [0.3, 0.4) is 0 Å². The van der Waals surface area contributed by atoms with Gasteiger partial charge < -0.3 is 9.84 Å². The van der Waals surface area contributed by atoms with Crippen LogP contribution in [0.25, 0.3) is 0 Å². The molecule has 1 atom stereocenters. The number of nitro benzene ring substituents is 1. The number of benzene rings is 2. The topological polar surface area (TPSA) is 96.2 Å². The largest absolute Gasteiger partial charge is 0.395 e. The van der Waals surface area contributed by atoms with Crippen LogP contribution in [0.2, 0.25) is 0 Å². The second-order valence-corrected chi connectivity index (χ2v) is 6.48. The molecule has 0 spiro atoms. The Morgan fingerprint density at radius 2 is 2.00 bits per heavy atom. The highest BCUT2D eigenvalue weighted by Gasteiger charge is 2.53. The first-order chi connectivity index (χ1) is 13.1. The van der Waals surface area contributed by atoms with Gasteiger partial charge in [0, 0.05) is 29.8 Å². The van der Waals surface area contributed by atoms with Crippen LogP contribution in [0, 0.1) is 10.1 Å². The van der Waals surface area contributed by atoms with E-state index >= 15 is 0 Å². The first kappa shape index (κ1) is 17.4. The molecule has 140 valence electrons. The number of anilines is 1. The molecular weight excluding hydrogens is 350 g/mol. The third kappa shape index (κ3) is 2.56. The first-order valence-electron chi connectivity index (χ1n) is 8.78. The molecule has 0 radical (unpaired) electrons. The number of carbonyl (C=O) groups is 1. The Bertz CT molecular complexity index is 888. The average Bonchev–Trinajstić information content (AvgIpc) is 2.71. The number of amides is 2. The van der Waals surface area contributed by atoms with E-state index in [1.165, 1.54) is 17.0 Å². The maximum absolute atomic E-state index is 13.2. The SMILES string of the molecule is O=C1N(CCO)c2ccc([N+](=O)[O-])cc2C2(c3ccccc3)OCCCN12. The van der Waals surface area contributed by atoms with Gasteiger partial charge in [0.05, 0.1) is 30.4 Å². The number of non-ortho nitro benzene ring substituents is 1. The summed E-state index contributed by atoms with van der Waals surface area (Å²) >= 11 is 0. The second-order valence-electron chi connectivity index (χ2n) is 6.48. The molecule has 0 bridgehead atoms. The number of hydrogen-bond donors (Lipinski definition) is 1. The number of ether oxygens (including phenoxy) is 1. The lowest BCUT2D eigenvalue weighted by atomic mass is 9.87. The molecule has 4 rings (SSSR count). The molecule has 2 heterocycles. The van der Waals surface area contributed by atoms with Crippen molar-refractivity contribution < 1.29 is 19.6 Å². The van der Waals surface area contributed by atoms with E-state index in [1.807, 2.05) is 30.3 Å². The summed E-state index contributed by atoms with van der Waals surface area (Å²) in [5, 5.41) is 20.8. The zero-order chi connectivity index (χ0) is 19.0. The van der Waals surface area contributed by atoms with Gasteiger partial charge in [-0.05, 0) is 12.5 Å². The fraction of sp³-hybridized carbons (Fsp3) is 0.316. The van der Waals surface area contributed by atoms with Gasteiger partial charge >= 0.3 is 6.03 Å². The number of carbonyl (C=O) groups excluding carboxylic acids is 1. The highest BCUT2D eigenvalue weighted by Crippen LogP contribution is 2.48. The fourth-order valence-electron chi connectivity index (χ4n) is 3.90. The van der Waals surface area contributed by atoms with Gasteiger partial charge in [-0.1, -0.05) is 30.3 Å². The van der Waals surface area contributed by atoms with Crippen molar-refractivity contribution in [3.63, 3.8) is 0 Å².